The van der Waals surface area contributed by atoms with Gasteiger partial charge >= 0.3 is 11.7 Å². The van der Waals surface area contributed by atoms with E-state index >= 15 is 0 Å². The molecule has 0 bridgehead atoms. The smallest absolute Gasteiger partial charge is 0.338 e. The Morgan fingerprint density at radius 3 is 2.68 bits per heavy atom. The van der Waals surface area contributed by atoms with Crippen molar-refractivity contribution in [3.05, 3.63) is 33.9 Å². The van der Waals surface area contributed by atoms with Crippen molar-refractivity contribution >= 4 is 17.6 Å². The average Bonchev–Trinajstić information content (AvgIpc) is 2.61. The van der Waals surface area contributed by atoms with E-state index in [1.165, 1.54) is 25.7 Å². The summed E-state index contributed by atoms with van der Waals surface area (Å²) in [5.41, 5.74) is -0.344. The SMILES string of the molecule is COC(=O)c1ccc(OCC(=O)N[C@@H]2CCCC[C@@H]2C)c([N+](=O)[O-])c1. The summed E-state index contributed by atoms with van der Waals surface area (Å²) in [5, 5.41) is 14.1. The van der Waals surface area contributed by atoms with Crippen LogP contribution in [0.15, 0.2) is 18.2 Å². The fourth-order valence-electron chi connectivity index (χ4n) is 2.95. The molecule has 0 spiro atoms. The van der Waals surface area contributed by atoms with E-state index < -0.39 is 10.9 Å². The van der Waals surface area contributed by atoms with Crippen LogP contribution in [0.1, 0.15) is 43.0 Å². The van der Waals surface area contributed by atoms with Crippen LogP contribution in [-0.2, 0) is 9.53 Å². The maximum atomic E-state index is 12.1. The van der Waals surface area contributed by atoms with Gasteiger partial charge in [-0.05, 0) is 30.9 Å². The van der Waals surface area contributed by atoms with E-state index in [0.717, 1.165) is 25.3 Å². The molecule has 8 nitrogen and oxygen atoms in total. The summed E-state index contributed by atoms with van der Waals surface area (Å²) in [6.07, 6.45) is 4.26. The number of carbonyl (C=O) groups excluding carboxylic acids is 2. The van der Waals surface area contributed by atoms with E-state index in [0.29, 0.717) is 5.92 Å². The van der Waals surface area contributed by atoms with Crippen LogP contribution in [0.5, 0.6) is 5.75 Å². The van der Waals surface area contributed by atoms with Crippen LogP contribution >= 0.6 is 0 Å². The molecule has 1 aromatic rings. The number of rotatable bonds is 6. The standard InChI is InChI=1S/C17H22N2O6/c1-11-5-3-4-6-13(11)18-16(20)10-25-15-8-7-12(17(21)24-2)9-14(15)19(22)23/h7-9,11,13H,3-6,10H2,1-2H3,(H,18,20)/t11-,13+/m0/s1. The number of nitro benzene ring substituents is 1. The molecule has 0 unspecified atom stereocenters. The minimum Gasteiger partial charge on any atom is -0.477 e. The Hall–Kier alpha value is -2.64. The molecule has 1 aliphatic rings. The fourth-order valence-corrected chi connectivity index (χ4v) is 2.95. The van der Waals surface area contributed by atoms with E-state index in [9.17, 15) is 19.7 Å². The highest BCUT2D eigenvalue weighted by atomic mass is 16.6. The molecule has 1 N–H and O–H groups in total. The lowest BCUT2D eigenvalue weighted by atomic mass is 9.86. The third kappa shape index (κ3) is 4.91. The van der Waals surface area contributed by atoms with Crippen molar-refractivity contribution < 1.29 is 24.0 Å². The molecular formula is C17H22N2O6. The lowest BCUT2D eigenvalue weighted by Gasteiger charge is -2.29. The summed E-state index contributed by atoms with van der Waals surface area (Å²) in [6, 6.07) is 3.83. The van der Waals surface area contributed by atoms with E-state index in [1.807, 2.05) is 0 Å². The highest BCUT2D eigenvalue weighted by Crippen LogP contribution is 2.28. The number of hydrogen-bond acceptors (Lipinski definition) is 6. The Labute approximate surface area is 145 Å². The zero-order valence-corrected chi connectivity index (χ0v) is 14.3. The molecular weight excluding hydrogens is 328 g/mol. The maximum absolute atomic E-state index is 12.1. The molecule has 0 radical (unpaired) electrons. The highest BCUT2D eigenvalue weighted by Gasteiger charge is 2.24. The zero-order chi connectivity index (χ0) is 18.4. The Bertz CT molecular complexity index is 661. The lowest BCUT2D eigenvalue weighted by Crippen LogP contribution is -2.43. The van der Waals surface area contributed by atoms with Gasteiger partial charge in [0, 0.05) is 12.1 Å². The summed E-state index contributed by atoms with van der Waals surface area (Å²) in [5.74, 6) is -0.653. The molecule has 2 rings (SSSR count). The Morgan fingerprint density at radius 2 is 2.04 bits per heavy atom. The van der Waals surface area contributed by atoms with Crippen molar-refractivity contribution in [3.8, 4) is 5.75 Å². The minimum atomic E-state index is -0.682. The number of ether oxygens (including phenoxy) is 2. The van der Waals surface area contributed by atoms with Crippen LogP contribution in [0.25, 0.3) is 0 Å². The second kappa shape index (κ2) is 8.46. The van der Waals surface area contributed by atoms with Crippen molar-refractivity contribution in [3.63, 3.8) is 0 Å². The second-order valence-corrected chi connectivity index (χ2v) is 6.16. The van der Waals surface area contributed by atoms with E-state index in [1.54, 1.807) is 0 Å². The Morgan fingerprint density at radius 1 is 1.32 bits per heavy atom. The van der Waals surface area contributed by atoms with Crippen molar-refractivity contribution in [1.29, 1.82) is 0 Å². The van der Waals surface area contributed by atoms with Crippen molar-refractivity contribution in [2.24, 2.45) is 5.92 Å². The van der Waals surface area contributed by atoms with Gasteiger partial charge in [-0.15, -0.1) is 0 Å². The van der Waals surface area contributed by atoms with E-state index in [2.05, 4.69) is 17.0 Å². The van der Waals surface area contributed by atoms with Crippen LogP contribution in [0.4, 0.5) is 5.69 Å². The minimum absolute atomic E-state index is 0.0435. The molecule has 2 atom stereocenters. The number of benzene rings is 1. The number of esters is 1. The average molecular weight is 350 g/mol. The van der Waals surface area contributed by atoms with Crippen LogP contribution in [0.2, 0.25) is 0 Å². The zero-order valence-electron chi connectivity index (χ0n) is 14.3. The summed E-state index contributed by atoms with van der Waals surface area (Å²) in [6.45, 7) is 1.78. The molecule has 1 aromatic carbocycles. The molecule has 8 heteroatoms. The predicted octanol–water partition coefficient (Wildman–Crippen LogP) is 2.46. The van der Waals surface area contributed by atoms with Gasteiger partial charge in [0.15, 0.2) is 12.4 Å². The first kappa shape index (κ1) is 18.7. The normalized spacial score (nSPS) is 19.8. The molecule has 1 saturated carbocycles. The molecule has 1 aliphatic carbocycles. The quantitative estimate of drug-likeness (QED) is 0.480. The summed E-state index contributed by atoms with van der Waals surface area (Å²) >= 11 is 0. The first-order valence-electron chi connectivity index (χ1n) is 8.21. The third-order valence-corrected chi connectivity index (χ3v) is 4.39. The topological polar surface area (TPSA) is 108 Å². The lowest BCUT2D eigenvalue weighted by molar-refractivity contribution is -0.385. The van der Waals surface area contributed by atoms with E-state index in [-0.39, 0.29) is 35.6 Å². The molecule has 0 heterocycles. The van der Waals surface area contributed by atoms with Gasteiger partial charge in [-0.25, -0.2) is 4.79 Å². The van der Waals surface area contributed by atoms with E-state index in [4.69, 9.17) is 4.74 Å². The molecule has 0 aliphatic heterocycles. The van der Waals surface area contributed by atoms with Crippen molar-refractivity contribution in [2.45, 2.75) is 38.6 Å². The first-order chi connectivity index (χ1) is 11.9. The third-order valence-electron chi connectivity index (χ3n) is 4.39. The maximum Gasteiger partial charge on any atom is 0.338 e. The number of amides is 1. The monoisotopic (exact) mass is 350 g/mol. The van der Waals surface area contributed by atoms with Crippen molar-refractivity contribution in [2.75, 3.05) is 13.7 Å². The van der Waals surface area contributed by atoms with Crippen LogP contribution in [0, 0.1) is 16.0 Å². The van der Waals surface area contributed by atoms with Gasteiger partial charge in [0.25, 0.3) is 5.91 Å². The second-order valence-electron chi connectivity index (χ2n) is 6.16. The number of nitro groups is 1. The van der Waals surface area contributed by atoms with Crippen LogP contribution in [-0.4, -0.2) is 36.6 Å². The fraction of sp³-hybridized carbons (Fsp3) is 0.529. The molecule has 25 heavy (non-hydrogen) atoms. The van der Waals surface area contributed by atoms with Gasteiger partial charge in [-0.3, -0.25) is 14.9 Å². The van der Waals surface area contributed by atoms with Gasteiger partial charge in [0.1, 0.15) is 0 Å². The largest absolute Gasteiger partial charge is 0.477 e. The number of nitrogens with zero attached hydrogens (tertiary/aromatic N) is 1. The predicted molar refractivity (Wildman–Crippen MR) is 89.5 cm³/mol. The van der Waals surface area contributed by atoms with Crippen molar-refractivity contribution in [1.82, 2.24) is 5.32 Å². The van der Waals surface area contributed by atoms with Gasteiger partial charge in [-0.1, -0.05) is 19.8 Å². The van der Waals surface area contributed by atoms with Crippen LogP contribution < -0.4 is 10.1 Å². The van der Waals surface area contributed by atoms with Gasteiger partial charge < -0.3 is 14.8 Å². The van der Waals surface area contributed by atoms with Gasteiger partial charge in [0.05, 0.1) is 17.6 Å². The van der Waals surface area contributed by atoms with Gasteiger partial charge in [0.2, 0.25) is 0 Å². The number of nitrogens with one attached hydrogen (secondary N) is 1. The highest BCUT2D eigenvalue weighted by molar-refractivity contribution is 5.90. The first-order valence-corrected chi connectivity index (χ1v) is 8.21. The summed E-state index contributed by atoms with van der Waals surface area (Å²) < 4.78 is 9.84. The number of carbonyl (C=O) groups is 2. The van der Waals surface area contributed by atoms with Gasteiger partial charge in [-0.2, -0.15) is 0 Å². The number of methoxy groups -OCH3 is 1. The molecule has 136 valence electrons. The molecule has 0 aromatic heterocycles. The molecule has 1 fully saturated rings. The molecule has 0 saturated heterocycles. The number of hydrogen-bond donors (Lipinski definition) is 1. The summed E-state index contributed by atoms with van der Waals surface area (Å²) in [4.78, 5) is 34.0. The summed E-state index contributed by atoms with van der Waals surface area (Å²) in [7, 11) is 1.19. The molecule has 1 amide bonds. The van der Waals surface area contributed by atoms with Crippen LogP contribution in [0.3, 0.4) is 0 Å². The Balaban J connectivity index is 2.00. The Kier molecular flexibility index (Phi) is 6.32.